The van der Waals surface area contributed by atoms with Gasteiger partial charge in [0.05, 0.1) is 17.6 Å². The number of carbonyl (C=O) groups excluding carboxylic acids is 1. The normalized spacial score (nSPS) is 14.3. The van der Waals surface area contributed by atoms with Crippen molar-refractivity contribution in [1.82, 2.24) is 14.5 Å². The Morgan fingerprint density at radius 2 is 1.96 bits per heavy atom. The van der Waals surface area contributed by atoms with Crippen molar-refractivity contribution in [2.45, 2.75) is 39.3 Å². The molecule has 27 heavy (non-hydrogen) atoms. The Bertz CT molecular complexity index is 1060. The van der Waals surface area contributed by atoms with E-state index >= 15 is 0 Å². The van der Waals surface area contributed by atoms with E-state index in [9.17, 15) is 9.59 Å². The van der Waals surface area contributed by atoms with Gasteiger partial charge in [-0.3, -0.25) is 9.36 Å². The molecule has 0 unspecified atom stereocenters. The highest BCUT2D eigenvalue weighted by molar-refractivity contribution is 7.18. The second-order valence-corrected chi connectivity index (χ2v) is 8.67. The Labute approximate surface area is 161 Å². The lowest BCUT2D eigenvalue weighted by Gasteiger charge is -2.29. The fraction of sp³-hybridized carbons (Fsp3) is 0.350. The molecule has 3 heterocycles. The molecule has 0 N–H and O–H groups in total. The molecule has 0 spiro atoms. The summed E-state index contributed by atoms with van der Waals surface area (Å²) in [6.45, 7) is 6.56. The monoisotopic (exact) mass is 383 g/mol. The van der Waals surface area contributed by atoms with Gasteiger partial charge < -0.3 is 9.64 Å². The average molecular weight is 383 g/mol. The molecule has 4 rings (SSSR count). The van der Waals surface area contributed by atoms with Gasteiger partial charge in [0.15, 0.2) is 0 Å². The Morgan fingerprint density at radius 1 is 1.22 bits per heavy atom. The highest BCUT2D eigenvalue weighted by Crippen LogP contribution is 2.33. The zero-order chi connectivity index (χ0) is 19.2. The van der Waals surface area contributed by atoms with Crippen LogP contribution in [-0.2, 0) is 17.7 Å². The first-order chi connectivity index (χ1) is 12.8. The number of hydrogen-bond donors (Lipinski definition) is 0. The van der Waals surface area contributed by atoms with Crippen LogP contribution in [0.15, 0.2) is 41.5 Å². The van der Waals surface area contributed by atoms with Gasteiger partial charge in [-0.15, -0.1) is 11.3 Å². The standard InChI is InChI=1S/C20H21N3O3S/c1-20(2,3)26-19(25)22-10-9-14-15(11-22)27-17-16(14)18(24)23(12-21-17)13-7-5-4-6-8-13/h4-8,12H,9-11H2,1-3H3. The maximum atomic E-state index is 13.1. The average Bonchev–Trinajstić information content (AvgIpc) is 2.99. The number of nitrogens with zero attached hydrogens (tertiary/aromatic N) is 3. The van der Waals surface area contributed by atoms with E-state index in [1.807, 2.05) is 51.1 Å². The minimum absolute atomic E-state index is 0.0607. The fourth-order valence-electron chi connectivity index (χ4n) is 3.24. The van der Waals surface area contributed by atoms with E-state index in [-0.39, 0.29) is 11.7 Å². The van der Waals surface area contributed by atoms with Crippen LogP contribution in [0.5, 0.6) is 0 Å². The third kappa shape index (κ3) is 3.35. The van der Waals surface area contributed by atoms with Crippen LogP contribution in [0, 0.1) is 0 Å². The van der Waals surface area contributed by atoms with Crippen molar-refractivity contribution in [3.05, 3.63) is 57.5 Å². The van der Waals surface area contributed by atoms with Crippen molar-refractivity contribution < 1.29 is 9.53 Å². The Kier molecular flexibility index (Phi) is 4.26. The van der Waals surface area contributed by atoms with Crippen LogP contribution in [0.4, 0.5) is 4.79 Å². The summed E-state index contributed by atoms with van der Waals surface area (Å²) in [5, 5.41) is 0.671. The molecule has 1 aliphatic heterocycles. The van der Waals surface area contributed by atoms with Crippen molar-refractivity contribution in [3.8, 4) is 5.69 Å². The molecule has 7 heteroatoms. The third-order valence-corrected chi connectivity index (χ3v) is 5.57. The van der Waals surface area contributed by atoms with Gasteiger partial charge in [0, 0.05) is 11.4 Å². The summed E-state index contributed by atoms with van der Waals surface area (Å²) in [7, 11) is 0. The number of rotatable bonds is 1. The van der Waals surface area contributed by atoms with E-state index in [2.05, 4.69) is 4.98 Å². The number of ether oxygens (including phenoxy) is 1. The molecular weight excluding hydrogens is 362 g/mol. The molecule has 0 bridgehead atoms. The Balaban J connectivity index is 1.71. The molecule has 2 aromatic heterocycles. The molecule has 3 aromatic rings. The summed E-state index contributed by atoms with van der Waals surface area (Å²) >= 11 is 1.48. The number of para-hydroxylation sites is 1. The van der Waals surface area contributed by atoms with Crippen molar-refractivity contribution in [2.24, 2.45) is 0 Å². The maximum Gasteiger partial charge on any atom is 0.410 e. The second kappa shape index (κ2) is 6.49. The van der Waals surface area contributed by atoms with Gasteiger partial charge in [0.25, 0.3) is 5.56 Å². The summed E-state index contributed by atoms with van der Waals surface area (Å²) in [4.78, 5) is 33.4. The Morgan fingerprint density at radius 3 is 2.67 bits per heavy atom. The van der Waals surface area contributed by atoms with Crippen molar-refractivity contribution in [1.29, 1.82) is 0 Å². The molecule has 1 aromatic carbocycles. The highest BCUT2D eigenvalue weighted by atomic mass is 32.1. The molecule has 1 aliphatic rings. The van der Waals surface area contributed by atoms with E-state index in [0.29, 0.717) is 24.9 Å². The van der Waals surface area contributed by atoms with Crippen molar-refractivity contribution in [3.63, 3.8) is 0 Å². The summed E-state index contributed by atoms with van der Waals surface area (Å²) < 4.78 is 7.06. The molecule has 0 fully saturated rings. The van der Waals surface area contributed by atoms with Crippen LogP contribution in [0.3, 0.4) is 0 Å². The summed E-state index contributed by atoms with van der Waals surface area (Å²) in [5.74, 6) is 0. The number of fused-ring (bicyclic) bond motifs is 3. The number of hydrogen-bond acceptors (Lipinski definition) is 5. The molecule has 0 aliphatic carbocycles. The lowest BCUT2D eigenvalue weighted by atomic mass is 10.1. The molecule has 140 valence electrons. The summed E-state index contributed by atoms with van der Waals surface area (Å²) in [6.07, 6.45) is 1.89. The van der Waals surface area contributed by atoms with Gasteiger partial charge in [-0.1, -0.05) is 18.2 Å². The topological polar surface area (TPSA) is 64.4 Å². The van der Waals surface area contributed by atoms with Crippen LogP contribution in [0.25, 0.3) is 15.9 Å². The van der Waals surface area contributed by atoms with E-state index in [0.717, 1.165) is 21.0 Å². The summed E-state index contributed by atoms with van der Waals surface area (Å²) in [5.41, 5.74) is 1.22. The SMILES string of the molecule is CC(C)(C)OC(=O)N1CCc2c(sc3ncn(-c4ccccc4)c(=O)c23)C1. The largest absolute Gasteiger partial charge is 0.444 e. The van der Waals surface area contributed by atoms with Gasteiger partial charge in [-0.25, -0.2) is 9.78 Å². The highest BCUT2D eigenvalue weighted by Gasteiger charge is 2.29. The van der Waals surface area contributed by atoms with Gasteiger partial charge in [-0.2, -0.15) is 0 Å². The smallest absolute Gasteiger partial charge is 0.410 e. The van der Waals surface area contributed by atoms with Gasteiger partial charge in [-0.05, 0) is 44.9 Å². The van der Waals surface area contributed by atoms with Crippen molar-refractivity contribution in [2.75, 3.05) is 6.54 Å². The first-order valence-electron chi connectivity index (χ1n) is 8.89. The molecule has 0 atom stereocenters. The van der Waals surface area contributed by atoms with Gasteiger partial charge in [0.2, 0.25) is 0 Å². The lowest BCUT2D eigenvalue weighted by Crippen LogP contribution is -2.39. The number of benzene rings is 1. The van der Waals surface area contributed by atoms with Gasteiger partial charge >= 0.3 is 6.09 Å². The predicted octanol–water partition coefficient (Wildman–Crippen LogP) is 3.74. The van der Waals surface area contributed by atoms with Crippen molar-refractivity contribution >= 4 is 27.6 Å². The number of amides is 1. The second-order valence-electron chi connectivity index (χ2n) is 7.59. The molecule has 1 amide bonds. The lowest BCUT2D eigenvalue weighted by molar-refractivity contribution is 0.0227. The minimum atomic E-state index is -0.525. The first kappa shape index (κ1) is 17.7. The van der Waals surface area contributed by atoms with Crippen LogP contribution >= 0.6 is 11.3 Å². The molecular formula is C20H21N3O3S. The third-order valence-electron chi connectivity index (χ3n) is 4.45. The fourth-order valence-corrected chi connectivity index (χ4v) is 4.43. The number of thiophene rings is 1. The summed E-state index contributed by atoms with van der Waals surface area (Å²) in [6, 6.07) is 9.48. The quantitative estimate of drug-likeness (QED) is 0.642. The predicted molar refractivity (Wildman–Crippen MR) is 106 cm³/mol. The molecule has 0 radical (unpaired) electrons. The minimum Gasteiger partial charge on any atom is -0.444 e. The van der Waals surface area contributed by atoms with Crippen LogP contribution < -0.4 is 5.56 Å². The zero-order valence-corrected chi connectivity index (χ0v) is 16.4. The van der Waals surface area contributed by atoms with E-state index in [1.165, 1.54) is 11.3 Å². The number of aromatic nitrogens is 2. The van der Waals surface area contributed by atoms with E-state index < -0.39 is 5.60 Å². The van der Waals surface area contributed by atoms with Crippen LogP contribution in [-0.4, -0.2) is 32.7 Å². The van der Waals surface area contributed by atoms with Crippen LogP contribution in [0.1, 0.15) is 31.2 Å². The van der Waals surface area contributed by atoms with E-state index in [1.54, 1.807) is 15.8 Å². The Hall–Kier alpha value is -2.67. The molecule has 0 saturated heterocycles. The maximum absolute atomic E-state index is 13.1. The van der Waals surface area contributed by atoms with Crippen LogP contribution in [0.2, 0.25) is 0 Å². The number of carbonyl (C=O) groups is 1. The van der Waals surface area contributed by atoms with E-state index in [4.69, 9.17) is 4.74 Å². The molecule has 0 saturated carbocycles. The zero-order valence-electron chi connectivity index (χ0n) is 15.6. The van der Waals surface area contributed by atoms with Gasteiger partial charge in [0.1, 0.15) is 16.8 Å². The first-order valence-corrected chi connectivity index (χ1v) is 9.70. The molecule has 6 nitrogen and oxygen atoms in total.